The van der Waals surface area contributed by atoms with Crippen LogP contribution in [0.1, 0.15) is 18.9 Å². The fourth-order valence-corrected chi connectivity index (χ4v) is 2.50. The van der Waals surface area contributed by atoms with Crippen molar-refractivity contribution in [1.82, 2.24) is 0 Å². The van der Waals surface area contributed by atoms with Gasteiger partial charge in [-0.15, -0.1) is 0 Å². The molecule has 2 unspecified atom stereocenters. The number of rotatable bonds is 3. The van der Waals surface area contributed by atoms with Gasteiger partial charge >= 0.3 is 0 Å². The number of benzene rings is 1. The van der Waals surface area contributed by atoms with Gasteiger partial charge in [0.05, 0.1) is 0 Å². The Morgan fingerprint density at radius 2 is 2.33 bits per heavy atom. The number of halogens is 2. The molecule has 0 saturated carbocycles. The third-order valence-electron chi connectivity index (χ3n) is 3.43. The molecule has 1 aromatic carbocycles. The van der Waals surface area contributed by atoms with Crippen LogP contribution in [0.5, 0.6) is 0 Å². The van der Waals surface area contributed by atoms with E-state index in [1.807, 2.05) is 6.92 Å². The molecule has 0 aromatic heterocycles. The zero-order valence-corrected chi connectivity index (χ0v) is 11.0. The topological polar surface area (TPSA) is 26.3 Å². The number of carbonyl (C=O) groups excluding carboxylic acids is 1. The molecule has 0 aliphatic carbocycles. The summed E-state index contributed by atoms with van der Waals surface area (Å²) >= 11 is 5.68. The monoisotopic (exact) mass is 270 g/mol. The molecule has 2 rings (SSSR count). The maximum absolute atomic E-state index is 13.6. The van der Waals surface area contributed by atoms with E-state index in [0.29, 0.717) is 23.8 Å². The molecule has 1 aliphatic rings. The van der Waals surface area contributed by atoms with Gasteiger partial charge in [-0.3, -0.25) is 4.79 Å². The minimum Gasteiger partial charge on any atom is -0.381 e. The van der Waals surface area contributed by atoms with Gasteiger partial charge < -0.3 is 4.74 Å². The molecule has 0 radical (unpaired) electrons. The predicted octanol–water partition coefficient (Wildman–Crippen LogP) is 3.26. The summed E-state index contributed by atoms with van der Waals surface area (Å²) in [6.45, 7) is 3.23. The number of hydrogen-bond acceptors (Lipinski definition) is 2. The molecule has 1 aliphatic heterocycles. The Bertz CT molecular complexity index is 447. The van der Waals surface area contributed by atoms with Crippen molar-refractivity contribution in [3.63, 3.8) is 0 Å². The van der Waals surface area contributed by atoms with Gasteiger partial charge in [-0.05, 0) is 30.0 Å². The van der Waals surface area contributed by atoms with E-state index in [4.69, 9.17) is 16.3 Å². The van der Waals surface area contributed by atoms with Gasteiger partial charge in [0.1, 0.15) is 11.6 Å². The minimum absolute atomic E-state index is 0.0196. The summed E-state index contributed by atoms with van der Waals surface area (Å²) in [4.78, 5) is 12.2. The van der Waals surface area contributed by atoms with E-state index in [2.05, 4.69) is 0 Å². The zero-order chi connectivity index (χ0) is 13.1. The van der Waals surface area contributed by atoms with E-state index >= 15 is 0 Å². The first-order valence-electron chi connectivity index (χ1n) is 6.12. The van der Waals surface area contributed by atoms with Crippen molar-refractivity contribution in [3.05, 3.63) is 34.6 Å². The summed E-state index contributed by atoms with van der Waals surface area (Å²) in [7, 11) is 0. The number of ketones is 1. The van der Waals surface area contributed by atoms with Crippen LogP contribution in [0.15, 0.2) is 18.2 Å². The third kappa shape index (κ3) is 3.09. The van der Waals surface area contributed by atoms with Crippen LogP contribution in [0, 0.1) is 17.7 Å². The third-order valence-corrected chi connectivity index (χ3v) is 3.67. The maximum atomic E-state index is 13.6. The Kier molecular flexibility index (Phi) is 4.36. The number of carbonyl (C=O) groups is 1. The molecule has 0 spiro atoms. The normalized spacial score (nSPS) is 23.9. The average Bonchev–Trinajstić information content (AvgIpc) is 2.33. The highest BCUT2D eigenvalue weighted by atomic mass is 35.5. The van der Waals surface area contributed by atoms with Crippen LogP contribution in [0.2, 0.25) is 5.02 Å². The summed E-state index contributed by atoms with van der Waals surface area (Å²) in [5, 5.41) is 0.350. The first-order chi connectivity index (χ1) is 8.58. The maximum Gasteiger partial charge on any atom is 0.140 e. The van der Waals surface area contributed by atoms with E-state index in [9.17, 15) is 9.18 Å². The molecule has 1 fully saturated rings. The molecule has 0 amide bonds. The van der Waals surface area contributed by atoms with Gasteiger partial charge in [-0.2, -0.15) is 0 Å². The quantitative estimate of drug-likeness (QED) is 0.843. The van der Waals surface area contributed by atoms with E-state index < -0.39 is 5.82 Å². The molecule has 18 heavy (non-hydrogen) atoms. The lowest BCUT2D eigenvalue weighted by Gasteiger charge is -2.27. The van der Waals surface area contributed by atoms with Crippen molar-refractivity contribution < 1.29 is 13.9 Å². The summed E-state index contributed by atoms with van der Waals surface area (Å²) in [5.74, 6) is -0.127. The Morgan fingerprint density at radius 3 is 3.00 bits per heavy atom. The van der Waals surface area contributed by atoms with Crippen molar-refractivity contribution in [2.75, 3.05) is 13.2 Å². The highest BCUT2D eigenvalue weighted by molar-refractivity contribution is 6.30. The van der Waals surface area contributed by atoms with Crippen LogP contribution in [0.4, 0.5) is 4.39 Å². The van der Waals surface area contributed by atoms with Crippen LogP contribution >= 0.6 is 11.6 Å². The van der Waals surface area contributed by atoms with E-state index in [0.717, 1.165) is 6.42 Å². The molecule has 1 heterocycles. The van der Waals surface area contributed by atoms with Crippen LogP contribution in [0.25, 0.3) is 0 Å². The summed E-state index contributed by atoms with van der Waals surface area (Å²) < 4.78 is 18.9. The molecule has 1 saturated heterocycles. The molecule has 98 valence electrons. The Balaban J connectivity index is 2.06. The first kappa shape index (κ1) is 13.5. The van der Waals surface area contributed by atoms with Gasteiger partial charge in [0, 0.05) is 30.6 Å². The molecule has 2 atom stereocenters. The smallest absolute Gasteiger partial charge is 0.140 e. The molecule has 0 bridgehead atoms. The predicted molar refractivity (Wildman–Crippen MR) is 68.2 cm³/mol. The number of ether oxygens (including phenoxy) is 1. The highest BCUT2D eigenvalue weighted by Crippen LogP contribution is 2.24. The van der Waals surface area contributed by atoms with Gasteiger partial charge in [0.25, 0.3) is 0 Å². The van der Waals surface area contributed by atoms with Crippen molar-refractivity contribution in [2.45, 2.75) is 19.8 Å². The lowest BCUT2D eigenvalue weighted by molar-refractivity contribution is -0.127. The van der Waals surface area contributed by atoms with Gasteiger partial charge in [0.15, 0.2) is 0 Å². The Morgan fingerprint density at radius 1 is 1.56 bits per heavy atom. The van der Waals surface area contributed by atoms with Gasteiger partial charge in [-0.1, -0.05) is 24.6 Å². The number of Topliss-reactive ketones (excluding diaryl/α,β-unsaturated/α-hetero) is 1. The lowest BCUT2D eigenvalue weighted by Crippen LogP contribution is -2.32. The van der Waals surface area contributed by atoms with Crippen LogP contribution in [-0.4, -0.2) is 19.0 Å². The van der Waals surface area contributed by atoms with Crippen LogP contribution in [-0.2, 0) is 16.0 Å². The lowest BCUT2D eigenvalue weighted by atomic mass is 9.84. The molecule has 2 nitrogen and oxygen atoms in total. The summed E-state index contributed by atoms with van der Waals surface area (Å²) in [6, 6.07) is 4.44. The highest BCUT2D eigenvalue weighted by Gasteiger charge is 2.28. The van der Waals surface area contributed by atoms with Gasteiger partial charge in [0.2, 0.25) is 0 Å². The second-order valence-electron chi connectivity index (χ2n) is 4.83. The zero-order valence-electron chi connectivity index (χ0n) is 10.3. The van der Waals surface area contributed by atoms with Crippen LogP contribution in [0.3, 0.4) is 0 Å². The van der Waals surface area contributed by atoms with Crippen LogP contribution < -0.4 is 0 Å². The second-order valence-corrected chi connectivity index (χ2v) is 5.26. The first-order valence-corrected chi connectivity index (χ1v) is 6.50. The average molecular weight is 271 g/mol. The van der Waals surface area contributed by atoms with Crippen molar-refractivity contribution >= 4 is 17.4 Å². The summed E-state index contributed by atoms with van der Waals surface area (Å²) in [5.41, 5.74) is 0.420. The molecule has 1 aromatic rings. The second kappa shape index (κ2) is 5.81. The standard InChI is InChI=1S/C14H16ClFO2/c1-9-8-18-5-4-12(9)14(17)6-10-2-3-11(15)7-13(10)16/h2-3,7,9,12H,4-6,8H2,1H3. The van der Waals surface area contributed by atoms with Crippen molar-refractivity contribution in [3.8, 4) is 0 Å². The van der Waals surface area contributed by atoms with E-state index in [1.165, 1.54) is 6.07 Å². The Hall–Kier alpha value is -0.930. The van der Waals surface area contributed by atoms with E-state index in [-0.39, 0.29) is 24.0 Å². The molecular formula is C14H16ClFO2. The fourth-order valence-electron chi connectivity index (χ4n) is 2.34. The summed E-state index contributed by atoms with van der Waals surface area (Å²) in [6.07, 6.45) is 0.868. The molecule has 0 N–H and O–H groups in total. The minimum atomic E-state index is -0.407. The largest absolute Gasteiger partial charge is 0.381 e. The molecular weight excluding hydrogens is 255 g/mol. The SMILES string of the molecule is CC1COCCC1C(=O)Cc1ccc(Cl)cc1F. The fraction of sp³-hybridized carbons (Fsp3) is 0.500. The van der Waals surface area contributed by atoms with Gasteiger partial charge in [-0.25, -0.2) is 4.39 Å². The Labute approximate surface area is 111 Å². The van der Waals surface area contributed by atoms with Crippen molar-refractivity contribution in [1.29, 1.82) is 0 Å². The number of hydrogen-bond donors (Lipinski definition) is 0. The van der Waals surface area contributed by atoms with Crippen molar-refractivity contribution in [2.24, 2.45) is 11.8 Å². The van der Waals surface area contributed by atoms with E-state index in [1.54, 1.807) is 12.1 Å². The molecule has 4 heteroatoms.